The number of thioether (sulfide) groups is 1. The van der Waals surface area contributed by atoms with Crippen LogP contribution in [0.5, 0.6) is 0 Å². The molecule has 4 rings (SSSR count). The lowest BCUT2D eigenvalue weighted by Crippen LogP contribution is -2.49. The highest BCUT2D eigenvalue weighted by Gasteiger charge is 2.22. The van der Waals surface area contributed by atoms with Crippen LogP contribution in [0.2, 0.25) is 0 Å². The van der Waals surface area contributed by atoms with Gasteiger partial charge in [0, 0.05) is 38.4 Å². The van der Waals surface area contributed by atoms with Crippen molar-refractivity contribution in [3.05, 3.63) is 47.3 Å². The van der Waals surface area contributed by atoms with Gasteiger partial charge in [-0.3, -0.25) is 4.79 Å². The average molecular weight is 428 g/mol. The minimum absolute atomic E-state index is 0.169. The van der Waals surface area contributed by atoms with Gasteiger partial charge in [-0.15, -0.1) is 21.5 Å². The van der Waals surface area contributed by atoms with E-state index in [1.165, 1.54) is 23.0 Å². The molecule has 152 valence electrons. The fraction of sp³-hybridized carbons (Fsp3) is 0.381. The molecule has 1 aliphatic heterocycles. The Morgan fingerprint density at radius 2 is 1.97 bits per heavy atom. The lowest BCUT2D eigenvalue weighted by Gasteiger charge is -2.36. The van der Waals surface area contributed by atoms with Crippen molar-refractivity contribution in [2.45, 2.75) is 25.5 Å². The zero-order valence-electron chi connectivity index (χ0n) is 16.7. The molecule has 1 aromatic carbocycles. The third-order valence-corrected chi connectivity index (χ3v) is 6.92. The Morgan fingerprint density at radius 1 is 1.14 bits per heavy atom. The number of aromatic nitrogens is 3. The van der Waals surface area contributed by atoms with Gasteiger partial charge in [-0.2, -0.15) is 0 Å². The van der Waals surface area contributed by atoms with Gasteiger partial charge in [0.1, 0.15) is 0 Å². The highest BCUT2D eigenvalue weighted by molar-refractivity contribution is 7.99. The van der Waals surface area contributed by atoms with E-state index in [1.807, 2.05) is 22.4 Å². The molecule has 0 N–H and O–H groups in total. The molecule has 3 aromatic rings. The minimum atomic E-state index is 0.169. The Hall–Kier alpha value is -2.32. The van der Waals surface area contributed by atoms with Crippen molar-refractivity contribution in [3.63, 3.8) is 0 Å². The van der Waals surface area contributed by atoms with Gasteiger partial charge < -0.3 is 14.4 Å². The van der Waals surface area contributed by atoms with E-state index in [0.717, 1.165) is 48.6 Å². The van der Waals surface area contributed by atoms with Crippen molar-refractivity contribution >= 4 is 34.7 Å². The fourth-order valence-corrected chi connectivity index (χ4v) is 5.15. The second-order valence-corrected chi connectivity index (χ2v) is 8.91. The molecule has 0 spiro atoms. The molecule has 1 fully saturated rings. The Morgan fingerprint density at radius 3 is 2.66 bits per heavy atom. The van der Waals surface area contributed by atoms with Crippen molar-refractivity contribution < 1.29 is 4.79 Å². The molecule has 3 heterocycles. The van der Waals surface area contributed by atoms with Gasteiger partial charge in [-0.25, -0.2) is 0 Å². The van der Waals surface area contributed by atoms with E-state index in [2.05, 4.69) is 57.8 Å². The number of piperazine rings is 1. The van der Waals surface area contributed by atoms with Gasteiger partial charge in [-0.05, 0) is 43.0 Å². The Labute approximate surface area is 179 Å². The predicted octanol–water partition coefficient (Wildman–Crippen LogP) is 3.78. The number of anilines is 1. The smallest absolute Gasteiger partial charge is 0.233 e. The summed E-state index contributed by atoms with van der Waals surface area (Å²) in [7, 11) is 0. The molecule has 0 atom stereocenters. The fourth-order valence-electron chi connectivity index (χ4n) is 3.52. The van der Waals surface area contributed by atoms with Gasteiger partial charge >= 0.3 is 0 Å². The summed E-state index contributed by atoms with van der Waals surface area (Å²) in [5.41, 5.74) is 2.50. The van der Waals surface area contributed by atoms with Crippen LogP contribution in [0.1, 0.15) is 12.5 Å². The van der Waals surface area contributed by atoms with Crippen molar-refractivity contribution in [2.75, 3.05) is 36.8 Å². The number of nitrogens with zero attached hydrogens (tertiary/aromatic N) is 5. The SMILES string of the molecule is CCn1c(SCC(=O)N2CCN(c3cccc(C)c3)CC2)nnc1-c1cccs1. The molecular formula is C21H25N5OS2. The van der Waals surface area contributed by atoms with Gasteiger partial charge in [0.2, 0.25) is 5.91 Å². The highest BCUT2D eigenvalue weighted by atomic mass is 32.2. The monoisotopic (exact) mass is 427 g/mol. The minimum Gasteiger partial charge on any atom is -0.368 e. The number of rotatable bonds is 6. The Kier molecular flexibility index (Phi) is 6.20. The first-order valence-corrected chi connectivity index (χ1v) is 11.7. The normalized spacial score (nSPS) is 14.4. The summed E-state index contributed by atoms with van der Waals surface area (Å²) in [4.78, 5) is 18.2. The quantitative estimate of drug-likeness (QED) is 0.561. The van der Waals surface area contributed by atoms with E-state index in [0.29, 0.717) is 5.75 Å². The van der Waals surface area contributed by atoms with E-state index in [4.69, 9.17) is 0 Å². The zero-order chi connectivity index (χ0) is 20.2. The number of carbonyl (C=O) groups is 1. The van der Waals surface area contributed by atoms with Crippen LogP contribution in [0.3, 0.4) is 0 Å². The van der Waals surface area contributed by atoms with Crippen LogP contribution in [-0.4, -0.2) is 57.5 Å². The number of thiophene rings is 1. The first-order chi connectivity index (χ1) is 14.2. The summed E-state index contributed by atoms with van der Waals surface area (Å²) < 4.78 is 2.08. The molecule has 2 aromatic heterocycles. The maximum Gasteiger partial charge on any atom is 0.233 e. The molecule has 8 heteroatoms. The molecule has 29 heavy (non-hydrogen) atoms. The van der Waals surface area contributed by atoms with Gasteiger partial charge in [0.25, 0.3) is 0 Å². The van der Waals surface area contributed by atoms with Crippen LogP contribution in [0.15, 0.2) is 46.9 Å². The summed E-state index contributed by atoms with van der Waals surface area (Å²) in [5, 5.41) is 11.5. The molecular weight excluding hydrogens is 402 g/mol. The lowest BCUT2D eigenvalue weighted by molar-refractivity contribution is -0.128. The summed E-state index contributed by atoms with van der Waals surface area (Å²) in [6, 6.07) is 12.6. The van der Waals surface area contributed by atoms with Gasteiger partial charge in [0.05, 0.1) is 10.6 Å². The number of aryl methyl sites for hydroxylation is 1. The molecule has 1 amide bonds. The van der Waals surface area contributed by atoms with Gasteiger partial charge in [-0.1, -0.05) is 30.0 Å². The molecule has 0 radical (unpaired) electrons. The van der Waals surface area contributed by atoms with E-state index in [9.17, 15) is 4.79 Å². The number of hydrogen-bond donors (Lipinski definition) is 0. The van der Waals surface area contributed by atoms with Crippen molar-refractivity contribution in [1.82, 2.24) is 19.7 Å². The summed E-state index contributed by atoms with van der Waals surface area (Å²) in [5.74, 6) is 1.44. The van der Waals surface area contributed by atoms with Crippen LogP contribution in [0.25, 0.3) is 10.7 Å². The van der Waals surface area contributed by atoms with Crippen LogP contribution < -0.4 is 4.90 Å². The number of carbonyl (C=O) groups excluding carboxylic acids is 1. The number of hydrogen-bond acceptors (Lipinski definition) is 6. The first-order valence-electron chi connectivity index (χ1n) is 9.85. The molecule has 0 aliphatic carbocycles. The van der Waals surface area contributed by atoms with Crippen molar-refractivity contribution in [2.24, 2.45) is 0 Å². The van der Waals surface area contributed by atoms with E-state index in [1.54, 1.807) is 11.3 Å². The second-order valence-electron chi connectivity index (χ2n) is 7.02. The molecule has 0 unspecified atom stereocenters. The summed E-state index contributed by atoms with van der Waals surface area (Å²) >= 11 is 3.13. The van der Waals surface area contributed by atoms with Crippen LogP contribution >= 0.6 is 23.1 Å². The first kappa shape index (κ1) is 20.0. The maximum atomic E-state index is 12.7. The van der Waals surface area contributed by atoms with Crippen molar-refractivity contribution in [1.29, 1.82) is 0 Å². The summed E-state index contributed by atoms with van der Waals surface area (Å²) in [6.45, 7) is 8.23. The van der Waals surface area contributed by atoms with E-state index < -0.39 is 0 Å². The third kappa shape index (κ3) is 4.48. The molecule has 6 nitrogen and oxygen atoms in total. The van der Waals surface area contributed by atoms with Crippen LogP contribution in [0.4, 0.5) is 5.69 Å². The second kappa shape index (κ2) is 9.00. The number of benzene rings is 1. The molecule has 1 aliphatic rings. The largest absolute Gasteiger partial charge is 0.368 e. The molecule has 1 saturated heterocycles. The van der Waals surface area contributed by atoms with Crippen molar-refractivity contribution in [3.8, 4) is 10.7 Å². The molecule has 0 bridgehead atoms. The third-order valence-electron chi connectivity index (χ3n) is 5.10. The van der Waals surface area contributed by atoms with Gasteiger partial charge in [0.15, 0.2) is 11.0 Å². The lowest BCUT2D eigenvalue weighted by atomic mass is 10.2. The Balaban J connectivity index is 1.33. The predicted molar refractivity (Wildman–Crippen MR) is 120 cm³/mol. The van der Waals surface area contributed by atoms with Crippen LogP contribution in [-0.2, 0) is 11.3 Å². The number of amides is 1. The van der Waals surface area contributed by atoms with E-state index in [-0.39, 0.29) is 5.91 Å². The van der Waals surface area contributed by atoms with E-state index >= 15 is 0 Å². The highest BCUT2D eigenvalue weighted by Crippen LogP contribution is 2.27. The average Bonchev–Trinajstić information content (AvgIpc) is 3.41. The Bertz CT molecular complexity index is 961. The molecule has 0 saturated carbocycles. The zero-order valence-corrected chi connectivity index (χ0v) is 18.4. The topological polar surface area (TPSA) is 54.3 Å². The standard InChI is InChI=1S/C21H25N5OS2/c1-3-26-20(18-8-5-13-28-18)22-23-21(26)29-15-19(27)25-11-9-24(10-12-25)17-7-4-6-16(2)14-17/h4-8,13-14H,3,9-12,15H2,1-2H3. The maximum absolute atomic E-state index is 12.7. The summed E-state index contributed by atoms with van der Waals surface area (Å²) in [6.07, 6.45) is 0. The van der Waals surface area contributed by atoms with Crippen LogP contribution in [0, 0.1) is 6.92 Å².